The van der Waals surface area contributed by atoms with Gasteiger partial charge in [-0.25, -0.2) is 22.6 Å². The fraction of sp³-hybridized carbons (Fsp3) is 0.333. The van der Waals surface area contributed by atoms with E-state index in [0.29, 0.717) is 24.9 Å². The predicted octanol–water partition coefficient (Wildman–Crippen LogP) is 7.04. The van der Waals surface area contributed by atoms with Gasteiger partial charge in [0.05, 0.1) is 29.4 Å². The summed E-state index contributed by atoms with van der Waals surface area (Å²) in [6.07, 6.45) is 1.60. The molecule has 1 aromatic heterocycles. The zero-order chi connectivity index (χ0) is 36.4. The topological polar surface area (TPSA) is 135 Å². The normalized spacial score (nSPS) is 19.0. The van der Waals surface area contributed by atoms with E-state index in [2.05, 4.69) is 5.10 Å². The molecule has 0 bridgehead atoms. The fourth-order valence-electron chi connectivity index (χ4n) is 7.01. The van der Waals surface area contributed by atoms with Gasteiger partial charge in [-0.1, -0.05) is 41.9 Å². The van der Waals surface area contributed by atoms with Crippen LogP contribution in [0.25, 0.3) is 11.1 Å². The molecule has 0 aliphatic carbocycles. The lowest BCUT2D eigenvalue weighted by molar-refractivity contribution is -0.0216. The number of ether oxygens (including phenoxy) is 4. The Kier molecular flexibility index (Phi) is 8.40. The molecule has 0 unspecified atom stereocenters. The van der Waals surface area contributed by atoms with Gasteiger partial charge in [0.1, 0.15) is 23.8 Å². The van der Waals surface area contributed by atoms with Gasteiger partial charge in [0.2, 0.25) is 17.4 Å². The van der Waals surface area contributed by atoms with Gasteiger partial charge >= 0.3 is 11.7 Å². The van der Waals surface area contributed by atoms with Crippen molar-refractivity contribution in [2.24, 2.45) is 5.73 Å². The first-order chi connectivity index (χ1) is 24.2. The van der Waals surface area contributed by atoms with Crippen molar-refractivity contribution in [3.63, 3.8) is 0 Å². The molecule has 1 fully saturated rings. The maximum Gasteiger partial charge on any atom is 0.410 e. The molecule has 51 heavy (non-hydrogen) atoms. The molecule has 4 heterocycles. The Bertz CT molecular complexity index is 2160. The third kappa shape index (κ3) is 5.71. The van der Waals surface area contributed by atoms with Gasteiger partial charge in [-0.2, -0.15) is 5.10 Å². The number of benzene rings is 3. The minimum Gasteiger partial charge on any atom is -0.480 e. The summed E-state index contributed by atoms with van der Waals surface area (Å²) in [5, 5.41) is 3.32. The van der Waals surface area contributed by atoms with E-state index in [0.717, 1.165) is 23.0 Å². The number of hydrogen-bond acceptors (Lipinski definition) is 8. The Morgan fingerprint density at radius 1 is 1.08 bits per heavy atom. The summed E-state index contributed by atoms with van der Waals surface area (Å²) in [5.74, 6) is -4.90. The van der Waals surface area contributed by atoms with Gasteiger partial charge in [-0.05, 0) is 45.2 Å². The van der Waals surface area contributed by atoms with Gasteiger partial charge in [0, 0.05) is 35.7 Å². The molecule has 4 aromatic rings. The highest BCUT2D eigenvalue weighted by Gasteiger charge is 2.54. The summed E-state index contributed by atoms with van der Waals surface area (Å²) < 4.78 is 70.4. The first-order valence-corrected chi connectivity index (χ1v) is 16.6. The molecular weight excluding hydrogens is 693 g/mol. The molecule has 0 radical (unpaired) electrons. The summed E-state index contributed by atoms with van der Waals surface area (Å²) >= 11 is 6.65. The minimum absolute atomic E-state index is 0.0134. The maximum absolute atomic E-state index is 16.9. The van der Waals surface area contributed by atoms with Crippen molar-refractivity contribution >= 4 is 23.6 Å². The van der Waals surface area contributed by atoms with E-state index in [1.807, 2.05) is 18.2 Å². The van der Waals surface area contributed by atoms with Crippen LogP contribution in [0, 0.1) is 11.6 Å². The standard InChI is InChI=1S/C36H32ClF3N4O7/c1-35(2,3)51-34(47)43-12-7-10-25(43)36(18-8-5-4-6-9-18)16-20-22(50-36)15-21(39)28(37)26(20)27-19(32(41)45)14-23-30(29(27)40)49-24-17-42-44(13-11-38)33(46)31(24)48-23/h4-6,8-9,14-15,17,25H,7,10-13,16H2,1-3H3,(H2,41,45)/t25-,36-/m0/s1. The molecule has 266 valence electrons. The molecule has 0 spiro atoms. The van der Waals surface area contributed by atoms with Crippen LogP contribution in [0.15, 0.2) is 53.5 Å². The predicted molar refractivity (Wildman–Crippen MR) is 178 cm³/mol. The third-order valence-corrected chi connectivity index (χ3v) is 9.46. The number of carbonyl (C=O) groups is 2. The highest BCUT2D eigenvalue weighted by Crippen LogP contribution is 2.55. The van der Waals surface area contributed by atoms with Crippen molar-refractivity contribution in [2.45, 2.75) is 63.8 Å². The van der Waals surface area contributed by atoms with Crippen molar-refractivity contribution in [2.75, 3.05) is 13.2 Å². The monoisotopic (exact) mass is 724 g/mol. The quantitative estimate of drug-likeness (QED) is 0.197. The molecule has 3 aliphatic rings. The van der Waals surface area contributed by atoms with Crippen LogP contribution in [0.2, 0.25) is 5.02 Å². The van der Waals surface area contributed by atoms with Crippen LogP contribution < -0.4 is 25.5 Å². The smallest absolute Gasteiger partial charge is 0.410 e. The summed E-state index contributed by atoms with van der Waals surface area (Å²) in [7, 11) is 0. The number of nitrogens with two attached hydrogens (primary N) is 1. The fourth-order valence-corrected chi connectivity index (χ4v) is 7.28. The molecule has 15 heteroatoms. The van der Waals surface area contributed by atoms with E-state index < -0.39 is 80.8 Å². The Hall–Kier alpha value is -5.24. The van der Waals surface area contributed by atoms with Crippen LogP contribution >= 0.6 is 11.6 Å². The lowest BCUT2D eigenvalue weighted by Gasteiger charge is -2.40. The van der Waals surface area contributed by atoms with Gasteiger partial charge in [0.15, 0.2) is 22.9 Å². The number of hydrogen-bond donors (Lipinski definition) is 1. The molecule has 3 aliphatic heterocycles. The number of amides is 2. The molecule has 2 atom stereocenters. The van der Waals surface area contributed by atoms with Crippen molar-refractivity contribution < 1.29 is 41.7 Å². The number of aromatic nitrogens is 2. The highest BCUT2D eigenvalue weighted by atomic mass is 35.5. The molecule has 7 rings (SSSR count). The average molecular weight is 725 g/mol. The minimum atomic E-state index is -1.32. The molecule has 3 aromatic carbocycles. The van der Waals surface area contributed by atoms with Crippen LogP contribution in [0.1, 0.15) is 55.1 Å². The summed E-state index contributed by atoms with van der Waals surface area (Å²) in [5.41, 5.74) is 2.56. The third-order valence-electron chi connectivity index (χ3n) is 9.09. The second-order valence-corrected chi connectivity index (χ2v) is 13.8. The molecule has 0 saturated carbocycles. The van der Waals surface area contributed by atoms with Crippen molar-refractivity contribution in [1.29, 1.82) is 0 Å². The van der Waals surface area contributed by atoms with Crippen LogP contribution in [-0.4, -0.2) is 51.5 Å². The molecular formula is C36H32ClF3N4O7. The van der Waals surface area contributed by atoms with Crippen LogP contribution in [0.4, 0.5) is 18.0 Å². The number of carbonyl (C=O) groups excluding carboxylic acids is 2. The second-order valence-electron chi connectivity index (χ2n) is 13.5. The number of rotatable bonds is 6. The molecule has 11 nitrogen and oxygen atoms in total. The molecule has 2 N–H and O–H groups in total. The number of aryl methyl sites for hydroxylation is 1. The molecule has 1 saturated heterocycles. The number of halogens is 4. The Balaban J connectivity index is 1.40. The summed E-state index contributed by atoms with van der Waals surface area (Å²) in [4.78, 5) is 41.0. The number of fused-ring (bicyclic) bond motifs is 3. The summed E-state index contributed by atoms with van der Waals surface area (Å²) in [6.45, 7) is 4.40. The highest BCUT2D eigenvalue weighted by molar-refractivity contribution is 6.34. The van der Waals surface area contributed by atoms with Crippen molar-refractivity contribution in [1.82, 2.24) is 14.7 Å². The summed E-state index contributed by atoms with van der Waals surface area (Å²) in [6, 6.07) is 10.6. The lowest BCUT2D eigenvalue weighted by Crippen LogP contribution is -2.53. The van der Waals surface area contributed by atoms with E-state index in [-0.39, 0.29) is 41.3 Å². The van der Waals surface area contributed by atoms with E-state index in [1.165, 1.54) is 0 Å². The van der Waals surface area contributed by atoms with Crippen molar-refractivity contribution in [3.8, 4) is 39.9 Å². The maximum atomic E-state index is 16.9. The SMILES string of the molecule is CC(C)(C)OC(=O)N1CCC[C@H]1[C@@]1(c2ccccc2)Cc2c(cc(F)c(Cl)c2-c2c(C(N)=O)cc3c(c2F)Oc2cnn(CCF)c(=O)c2O3)O1. The van der Waals surface area contributed by atoms with E-state index in [1.54, 1.807) is 37.8 Å². The Morgan fingerprint density at radius 2 is 1.80 bits per heavy atom. The lowest BCUT2D eigenvalue weighted by atomic mass is 9.79. The number of alkyl halides is 1. The van der Waals surface area contributed by atoms with Gasteiger partial charge in [-0.3, -0.25) is 9.59 Å². The van der Waals surface area contributed by atoms with Gasteiger partial charge in [0.25, 0.3) is 0 Å². The van der Waals surface area contributed by atoms with E-state index in [4.69, 9.17) is 36.3 Å². The van der Waals surface area contributed by atoms with Crippen LogP contribution in [-0.2, 0) is 23.3 Å². The Labute approximate surface area is 294 Å². The van der Waals surface area contributed by atoms with E-state index >= 15 is 8.78 Å². The molecule has 2 amide bonds. The van der Waals surface area contributed by atoms with Crippen molar-refractivity contribution in [3.05, 3.63) is 92.4 Å². The zero-order valence-electron chi connectivity index (χ0n) is 27.7. The van der Waals surface area contributed by atoms with Gasteiger partial charge in [-0.15, -0.1) is 0 Å². The first kappa shape index (κ1) is 34.2. The van der Waals surface area contributed by atoms with Crippen LogP contribution in [0.3, 0.4) is 0 Å². The average Bonchev–Trinajstić information content (AvgIpc) is 3.73. The number of likely N-dealkylation sites (tertiary alicyclic amines) is 1. The number of nitrogens with zero attached hydrogens (tertiary/aromatic N) is 3. The Morgan fingerprint density at radius 3 is 2.49 bits per heavy atom. The largest absolute Gasteiger partial charge is 0.480 e. The van der Waals surface area contributed by atoms with Crippen LogP contribution in [0.5, 0.6) is 28.7 Å². The number of primary amides is 1. The first-order valence-electron chi connectivity index (χ1n) is 16.2. The van der Waals surface area contributed by atoms with Gasteiger partial charge < -0.3 is 29.6 Å². The van der Waals surface area contributed by atoms with E-state index in [9.17, 15) is 18.8 Å². The zero-order valence-corrected chi connectivity index (χ0v) is 28.5. The second kappa shape index (κ2) is 12.5.